The Morgan fingerprint density at radius 3 is 2.34 bits per heavy atom. The van der Waals surface area contributed by atoms with Crippen molar-refractivity contribution in [1.82, 2.24) is 15.5 Å². The van der Waals surface area contributed by atoms with E-state index in [1.54, 1.807) is 24.3 Å². The lowest BCUT2D eigenvalue weighted by molar-refractivity contribution is -0.137. The van der Waals surface area contributed by atoms with Crippen LogP contribution in [0, 0.1) is 0 Å². The van der Waals surface area contributed by atoms with Gasteiger partial charge in [-0.15, -0.1) is 0 Å². The summed E-state index contributed by atoms with van der Waals surface area (Å²) in [5, 5.41) is 9.54. The molecule has 2 saturated heterocycles. The van der Waals surface area contributed by atoms with E-state index in [4.69, 9.17) is 11.6 Å². The molecule has 5 rings (SSSR count). The summed E-state index contributed by atoms with van der Waals surface area (Å²) in [6.07, 6.45) is -0.296. The van der Waals surface area contributed by atoms with Crippen LogP contribution in [0.2, 0.25) is 5.02 Å². The fourth-order valence-corrected chi connectivity index (χ4v) is 5.98. The highest BCUT2D eigenvalue weighted by molar-refractivity contribution is 6.30. The molecule has 0 aromatic heterocycles. The predicted octanol–water partition coefficient (Wildman–Crippen LogP) is 6.53. The molecule has 2 bridgehead atoms. The topological polar surface area (TPSA) is 73.5 Å². The number of nitrogens with zero attached hydrogens (tertiary/aromatic N) is 1. The smallest absolute Gasteiger partial charge is 0.355 e. The molecule has 3 N–H and O–H groups in total. The fraction of sp³-hybridized carbons (Fsp3) is 0.355. The zero-order valence-electron chi connectivity index (χ0n) is 22.4. The van der Waals surface area contributed by atoms with E-state index in [0.29, 0.717) is 17.8 Å². The first kappa shape index (κ1) is 29.0. The number of carbonyl (C=O) groups is 2. The number of amides is 2. The Morgan fingerprint density at radius 2 is 1.63 bits per heavy atom. The first-order chi connectivity index (χ1) is 19.7. The number of alkyl halides is 3. The summed E-state index contributed by atoms with van der Waals surface area (Å²) in [5.41, 5.74) is 1.31. The maximum Gasteiger partial charge on any atom is 0.416 e. The molecular formula is C31H32ClF3N4O2. The van der Waals surface area contributed by atoms with Crippen LogP contribution < -0.4 is 16.0 Å². The van der Waals surface area contributed by atoms with E-state index in [1.807, 2.05) is 12.1 Å². The lowest BCUT2D eigenvalue weighted by Gasteiger charge is -2.39. The Labute approximate surface area is 242 Å². The number of hydrogen-bond acceptors (Lipinski definition) is 4. The van der Waals surface area contributed by atoms with Crippen molar-refractivity contribution in [3.8, 4) is 0 Å². The Kier molecular flexibility index (Phi) is 8.85. The highest BCUT2D eigenvalue weighted by Gasteiger charge is 2.40. The number of hydrogen-bond donors (Lipinski definition) is 3. The molecule has 2 heterocycles. The van der Waals surface area contributed by atoms with Crippen LogP contribution in [0.1, 0.15) is 53.6 Å². The van der Waals surface area contributed by atoms with Crippen molar-refractivity contribution in [2.75, 3.05) is 11.9 Å². The van der Waals surface area contributed by atoms with Gasteiger partial charge in [-0.25, -0.2) is 0 Å². The average molecular weight is 585 g/mol. The van der Waals surface area contributed by atoms with Gasteiger partial charge in [-0.3, -0.25) is 14.5 Å². The lowest BCUT2D eigenvalue weighted by atomic mass is 9.96. The van der Waals surface area contributed by atoms with Gasteiger partial charge in [-0.1, -0.05) is 41.9 Å². The molecule has 3 atom stereocenters. The molecule has 6 nitrogen and oxygen atoms in total. The molecule has 216 valence electrons. The third kappa shape index (κ3) is 7.40. The van der Waals surface area contributed by atoms with Crippen molar-refractivity contribution in [3.05, 3.63) is 94.5 Å². The number of rotatable bonds is 9. The maximum atomic E-state index is 13.1. The number of carbonyl (C=O) groups excluding carboxylic acids is 2. The minimum atomic E-state index is -4.47. The molecule has 0 radical (unpaired) electrons. The Hall–Kier alpha value is -3.56. The second-order valence-corrected chi connectivity index (χ2v) is 11.1. The van der Waals surface area contributed by atoms with Crippen LogP contribution in [0.3, 0.4) is 0 Å². The SMILES string of the molecule is O=C(CCNC(=O)c1ccccc1Nc1cccc(C(F)(F)F)c1)N[C@H]1C[C@H]2CC[C@@H](C1)N2Cc1ccc(Cl)cc1. The molecule has 3 aromatic carbocycles. The lowest BCUT2D eigenvalue weighted by Crippen LogP contribution is -2.50. The second-order valence-electron chi connectivity index (χ2n) is 10.7. The second kappa shape index (κ2) is 12.5. The van der Waals surface area contributed by atoms with Crippen molar-refractivity contribution in [1.29, 1.82) is 0 Å². The monoisotopic (exact) mass is 584 g/mol. The minimum absolute atomic E-state index is 0.106. The molecule has 2 aliphatic rings. The van der Waals surface area contributed by atoms with Gasteiger partial charge in [0.05, 0.1) is 16.8 Å². The Bertz CT molecular complexity index is 1370. The predicted molar refractivity (Wildman–Crippen MR) is 153 cm³/mol. The van der Waals surface area contributed by atoms with E-state index in [-0.39, 0.29) is 36.2 Å². The van der Waals surface area contributed by atoms with Crippen molar-refractivity contribution in [2.24, 2.45) is 0 Å². The van der Waals surface area contributed by atoms with E-state index < -0.39 is 17.6 Å². The number of piperidine rings is 1. The third-order valence-corrected chi connectivity index (χ3v) is 8.06. The summed E-state index contributed by atoms with van der Waals surface area (Å²) in [4.78, 5) is 28.1. The van der Waals surface area contributed by atoms with Gasteiger partial charge in [-0.2, -0.15) is 13.2 Å². The summed E-state index contributed by atoms with van der Waals surface area (Å²) in [7, 11) is 0. The van der Waals surface area contributed by atoms with E-state index >= 15 is 0 Å². The van der Waals surface area contributed by atoms with Gasteiger partial charge in [0.2, 0.25) is 5.91 Å². The number of halogens is 4. The summed E-state index contributed by atoms with van der Waals surface area (Å²) in [6, 6.07) is 20.3. The van der Waals surface area contributed by atoms with Gasteiger partial charge in [0, 0.05) is 48.3 Å². The standard InChI is InChI=1S/C31H32ClF3N4O2/c32-22-10-8-20(9-11-22)19-39-25-12-13-26(39)18-24(17-25)38-29(40)14-15-36-30(41)27-6-1-2-7-28(27)37-23-5-3-4-21(16-23)31(33,34)35/h1-11,16,24-26,37H,12-15,17-19H2,(H,36,41)(H,38,40)/t24-,25+,26-. The number of fused-ring (bicyclic) bond motifs is 2. The summed E-state index contributed by atoms with van der Waals surface area (Å²) >= 11 is 6.02. The van der Waals surface area contributed by atoms with Crippen LogP contribution in [0.15, 0.2) is 72.8 Å². The van der Waals surface area contributed by atoms with E-state index in [9.17, 15) is 22.8 Å². The van der Waals surface area contributed by atoms with Crippen molar-refractivity contribution in [2.45, 2.75) is 63.0 Å². The minimum Gasteiger partial charge on any atom is -0.355 e. The molecule has 0 unspecified atom stereocenters. The van der Waals surface area contributed by atoms with Gasteiger partial charge >= 0.3 is 6.18 Å². The van der Waals surface area contributed by atoms with Crippen LogP contribution in [0.5, 0.6) is 0 Å². The number of anilines is 2. The number of benzene rings is 3. The normalized spacial score (nSPS) is 20.4. The first-order valence-electron chi connectivity index (χ1n) is 13.8. The van der Waals surface area contributed by atoms with Crippen molar-refractivity contribution >= 4 is 34.8 Å². The average Bonchev–Trinajstić information content (AvgIpc) is 3.16. The molecule has 41 heavy (non-hydrogen) atoms. The molecule has 0 saturated carbocycles. The fourth-order valence-electron chi connectivity index (χ4n) is 5.85. The van der Waals surface area contributed by atoms with Crippen LogP contribution in [-0.2, 0) is 17.5 Å². The molecule has 2 amide bonds. The zero-order valence-corrected chi connectivity index (χ0v) is 23.1. The first-order valence-corrected chi connectivity index (χ1v) is 14.1. The van der Waals surface area contributed by atoms with Gasteiger partial charge in [0.1, 0.15) is 0 Å². The number of para-hydroxylation sites is 1. The van der Waals surface area contributed by atoms with Crippen molar-refractivity contribution in [3.63, 3.8) is 0 Å². The molecule has 2 fully saturated rings. The Morgan fingerprint density at radius 1 is 0.927 bits per heavy atom. The zero-order chi connectivity index (χ0) is 29.0. The van der Waals surface area contributed by atoms with Gasteiger partial charge in [0.25, 0.3) is 5.91 Å². The molecule has 3 aromatic rings. The highest BCUT2D eigenvalue weighted by Crippen LogP contribution is 2.37. The van der Waals surface area contributed by atoms with E-state index in [2.05, 4.69) is 33.0 Å². The summed E-state index contributed by atoms with van der Waals surface area (Å²) in [5.74, 6) is -0.530. The van der Waals surface area contributed by atoms with Crippen LogP contribution in [0.4, 0.5) is 24.5 Å². The summed E-state index contributed by atoms with van der Waals surface area (Å²) in [6.45, 7) is 1.02. The van der Waals surface area contributed by atoms with Crippen LogP contribution in [-0.4, -0.2) is 41.4 Å². The van der Waals surface area contributed by atoms with Gasteiger partial charge < -0.3 is 16.0 Å². The maximum absolute atomic E-state index is 13.1. The molecule has 0 aliphatic carbocycles. The molecule has 0 spiro atoms. The quantitative estimate of drug-likeness (QED) is 0.267. The molecular weight excluding hydrogens is 553 g/mol. The summed E-state index contributed by atoms with van der Waals surface area (Å²) < 4.78 is 39.3. The number of nitrogens with one attached hydrogen (secondary N) is 3. The highest BCUT2D eigenvalue weighted by atomic mass is 35.5. The third-order valence-electron chi connectivity index (χ3n) is 7.81. The van der Waals surface area contributed by atoms with Crippen molar-refractivity contribution < 1.29 is 22.8 Å². The van der Waals surface area contributed by atoms with Gasteiger partial charge in [0.15, 0.2) is 0 Å². The van der Waals surface area contributed by atoms with E-state index in [0.717, 1.165) is 49.4 Å². The van der Waals surface area contributed by atoms with Crippen LogP contribution >= 0.6 is 11.6 Å². The van der Waals surface area contributed by atoms with Crippen LogP contribution in [0.25, 0.3) is 0 Å². The van der Waals surface area contributed by atoms with E-state index in [1.165, 1.54) is 17.7 Å². The Balaban J connectivity index is 1.10. The largest absolute Gasteiger partial charge is 0.416 e. The van der Waals surface area contributed by atoms with Gasteiger partial charge in [-0.05, 0) is 73.7 Å². The molecule has 2 aliphatic heterocycles. The molecule has 10 heteroatoms.